The van der Waals surface area contributed by atoms with Crippen molar-refractivity contribution in [3.8, 4) is 0 Å². The number of allylic oxidation sites excluding steroid dienone is 3. The molecule has 0 aliphatic carbocycles. The maximum atomic E-state index is 9.87. The summed E-state index contributed by atoms with van der Waals surface area (Å²) in [6.07, 6.45) is 7.09. The zero-order valence-corrected chi connectivity index (χ0v) is 10.6. The molecule has 0 aromatic rings. The van der Waals surface area contributed by atoms with Gasteiger partial charge in [-0.15, -0.1) is 6.58 Å². The van der Waals surface area contributed by atoms with Crippen LogP contribution in [-0.4, -0.2) is 22.9 Å². The molecule has 0 aromatic heterocycles. The van der Waals surface area contributed by atoms with E-state index < -0.39 is 6.10 Å². The molecule has 0 saturated carbocycles. The average molecular weight is 224 g/mol. The molecule has 0 saturated heterocycles. The lowest BCUT2D eigenvalue weighted by molar-refractivity contribution is 0.118. The molecule has 0 heterocycles. The molecular weight excluding hydrogens is 200 g/mol. The number of hydrogen-bond acceptors (Lipinski definition) is 2. The Bertz CT molecular complexity index is 260. The van der Waals surface area contributed by atoms with Gasteiger partial charge < -0.3 is 10.2 Å². The first-order valence-corrected chi connectivity index (χ1v) is 5.74. The molecule has 0 aliphatic heterocycles. The van der Waals surface area contributed by atoms with Gasteiger partial charge in [-0.25, -0.2) is 0 Å². The second kappa shape index (κ2) is 8.31. The number of rotatable bonds is 7. The highest BCUT2D eigenvalue weighted by atomic mass is 16.3. The number of hydrogen-bond donors (Lipinski definition) is 2. The minimum absolute atomic E-state index is 0.0657. The second-order valence-corrected chi connectivity index (χ2v) is 4.33. The summed E-state index contributed by atoms with van der Waals surface area (Å²) < 4.78 is 0. The largest absolute Gasteiger partial charge is 0.396 e. The van der Waals surface area contributed by atoms with Gasteiger partial charge in [-0.3, -0.25) is 0 Å². The fraction of sp³-hybridized carbons (Fsp3) is 0.571. The van der Waals surface area contributed by atoms with Gasteiger partial charge in [-0.05, 0) is 39.2 Å². The summed E-state index contributed by atoms with van der Waals surface area (Å²) in [5.41, 5.74) is 2.21. The van der Waals surface area contributed by atoms with Crippen molar-refractivity contribution < 1.29 is 10.2 Å². The Balaban J connectivity index is 4.20. The van der Waals surface area contributed by atoms with Crippen LogP contribution >= 0.6 is 0 Å². The minimum atomic E-state index is -0.616. The van der Waals surface area contributed by atoms with Gasteiger partial charge in [-0.1, -0.05) is 23.8 Å². The summed E-state index contributed by atoms with van der Waals surface area (Å²) in [5, 5.41) is 18.9. The SMILES string of the molecule is C=C[C@H](CO)[C@H](O)/C(C)=C/CCC=C(C)C. The van der Waals surface area contributed by atoms with E-state index in [1.165, 1.54) is 5.57 Å². The molecule has 0 spiro atoms. The first kappa shape index (κ1) is 15.1. The monoisotopic (exact) mass is 224 g/mol. The van der Waals surface area contributed by atoms with Crippen LogP contribution in [0.4, 0.5) is 0 Å². The average Bonchev–Trinajstić information content (AvgIpc) is 2.25. The van der Waals surface area contributed by atoms with Gasteiger partial charge in [0.1, 0.15) is 0 Å². The Kier molecular flexibility index (Phi) is 7.86. The summed E-state index contributed by atoms with van der Waals surface area (Å²) in [7, 11) is 0. The Morgan fingerprint density at radius 1 is 1.19 bits per heavy atom. The maximum Gasteiger partial charge on any atom is 0.0831 e. The van der Waals surface area contributed by atoms with E-state index in [1.807, 2.05) is 13.0 Å². The molecule has 2 nitrogen and oxygen atoms in total. The molecule has 2 N–H and O–H groups in total. The highest BCUT2D eigenvalue weighted by Gasteiger charge is 2.15. The molecule has 2 atom stereocenters. The highest BCUT2D eigenvalue weighted by Crippen LogP contribution is 2.14. The van der Waals surface area contributed by atoms with E-state index in [-0.39, 0.29) is 12.5 Å². The number of unbranched alkanes of at least 4 members (excludes halogenated alkanes) is 1. The van der Waals surface area contributed by atoms with E-state index in [9.17, 15) is 5.11 Å². The molecule has 0 unspecified atom stereocenters. The lowest BCUT2D eigenvalue weighted by atomic mass is 9.96. The van der Waals surface area contributed by atoms with Crippen molar-refractivity contribution in [2.75, 3.05) is 6.61 Å². The quantitative estimate of drug-likeness (QED) is 0.515. The third-order valence-electron chi connectivity index (χ3n) is 2.57. The van der Waals surface area contributed by atoms with Crippen LogP contribution in [0, 0.1) is 5.92 Å². The summed E-state index contributed by atoms with van der Waals surface area (Å²) >= 11 is 0. The summed E-state index contributed by atoms with van der Waals surface area (Å²) in [4.78, 5) is 0. The van der Waals surface area contributed by atoms with Gasteiger partial charge in [0.25, 0.3) is 0 Å². The molecule has 0 aliphatic rings. The molecule has 0 rings (SSSR count). The van der Waals surface area contributed by atoms with Crippen LogP contribution in [0.1, 0.15) is 33.6 Å². The van der Waals surface area contributed by atoms with Crippen molar-refractivity contribution in [2.24, 2.45) is 5.92 Å². The molecule has 0 bridgehead atoms. The van der Waals surface area contributed by atoms with E-state index in [2.05, 4.69) is 26.5 Å². The standard InChI is InChI=1S/C14H24O2/c1-5-13(10-15)14(16)12(4)9-7-6-8-11(2)3/h5,8-9,13-16H,1,6-7,10H2,2-4H3/b12-9+/t13-,14-/m1/s1. The lowest BCUT2D eigenvalue weighted by Gasteiger charge is -2.18. The third-order valence-corrected chi connectivity index (χ3v) is 2.57. The van der Waals surface area contributed by atoms with Crippen molar-refractivity contribution >= 4 is 0 Å². The minimum Gasteiger partial charge on any atom is -0.396 e. The Labute approximate surface area is 99.0 Å². The summed E-state index contributed by atoms with van der Waals surface area (Å²) in [6.45, 7) is 9.57. The first-order valence-electron chi connectivity index (χ1n) is 5.74. The zero-order valence-electron chi connectivity index (χ0n) is 10.6. The van der Waals surface area contributed by atoms with Gasteiger partial charge in [0.05, 0.1) is 12.7 Å². The topological polar surface area (TPSA) is 40.5 Å². The Morgan fingerprint density at radius 2 is 1.75 bits per heavy atom. The van der Waals surface area contributed by atoms with Crippen molar-refractivity contribution in [1.29, 1.82) is 0 Å². The molecule has 16 heavy (non-hydrogen) atoms. The predicted octanol–water partition coefficient (Wildman–Crippen LogP) is 2.83. The number of aliphatic hydroxyl groups is 2. The van der Waals surface area contributed by atoms with Gasteiger partial charge in [0, 0.05) is 5.92 Å². The van der Waals surface area contributed by atoms with Crippen LogP contribution < -0.4 is 0 Å². The molecule has 92 valence electrons. The Hall–Kier alpha value is -0.860. The lowest BCUT2D eigenvalue weighted by Crippen LogP contribution is -2.22. The van der Waals surface area contributed by atoms with E-state index in [4.69, 9.17) is 5.11 Å². The van der Waals surface area contributed by atoms with E-state index >= 15 is 0 Å². The van der Waals surface area contributed by atoms with Crippen molar-refractivity contribution in [2.45, 2.75) is 39.7 Å². The summed E-state index contributed by atoms with van der Waals surface area (Å²) in [6, 6.07) is 0. The smallest absolute Gasteiger partial charge is 0.0831 e. The fourth-order valence-corrected chi connectivity index (χ4v) is 1.44. The van der Waals surface area contributed by atoms with Crippen molar-refractivity contribution in [3.63, 3.8) is 0 Å². The fourth-order valence-electron chi connectivity index (χ4n) is 1.44. The molecular formula is C14H24O2. The van der Waals surface area contributed by atoms with Crippen LogP contribution in [-0.2, 0) is 0 Å². The van der Waals surface area contributed by atoms with Gasteiger partial charge >= 0.3 is 0 Å². The van der Waals surface area contributed by atoms with Crippen molar-refractivity contribution in [3.05, 3.63) is 36.0 Å². The normalized spacial score (nSPS) is 15.4. The molecule has 0 radical (unpaired) electrons. The van der Waals surface area contributed by atoms with Crippen LogP contribution in [0.25, 0.3) is 0 Å². The maximum absolute atomic E-state index is 9.87. The van der Waals surface area contributed by atoms with Crippen LogP contribution in [0.5, 0.6) is 0 Å². The third kappa shape index (κ3) is 5.89. The first-order chi connectivity index (χ1) is 7.52. The second-order valence-electron chi connectivity index (χ2n) is 4.33. The van der Waals surface area contributed by atoms with Gasteiger partial charge in [0.15, 0.2) is 0 Å². The molecule has 0 aromatic carbocycles. The van der Waals surface area contributed by atoms with Gasteiger partial charge in [0.2, 0.25) is 0 Å². The number of aliphatic hydroxyl groups excluding tert-OH is 2. The summed E-state index contributed by atoms with van der Waals surface area (Å²) in [5.74, 6) is -0.264. The molecule has 0 fully saturated rings. The van der Waals surface area contributed by atoms with E-state index in [0.717, 1.165) is 18.4 Å². The molecule has 2 heteroatoms. The van der Waals surface area contributed by atoms with Crippen LogP contribution in [0.15, 0.2) is 36.0 Å². The van der Waals surface area contributed by atoms with E-state index in [0.29, 0.717) is 0 Å². The molecule has 0 amide bonds. The highest BCUT2D eigenvalue weighted by molar-refractivity contribution is 5.10. The van der Waals surface area contributed by atoms with E-state index in [1.54, 1.807) is 6.08 Å². The Morgan fingerprint density at radius 3 is 2.19 bits per heavy atom. The van der Waals surface area contributed by atoms with Crippen LogP contribution in [0.2, 0.25) is 0 Å². The van der Waals surface area contributed by atoms with Gasteiger partial charge in [-0.2, -0.15) is 0 Å². The van der Waals surface area contributed by atoms with Crippen molar-refractivity contribution in [1.82, 2.24) is 0 Å². The predicted molar refractivity (Wildman–Crippen MR) is 69.2 cm³/mol. The van der Waals surface area contributed by atoms with Crippen LogP contribution in [0.3, 0.4) is 0 Å². The zero-order chi connectivity index (χ0) is 12.6.